The quantitative estimate of drug-likeness (QED) is 0.566. The van der Waals surface area contributed by atoms with E-state index in [4.69, 9.17) is 9.47 Å². The number of para-hydroxylation sites is 1. The zero-order valence-electron chi connectivity index (χ0n) is 18.0. The van der Waals surface area contributed by atoms with Crippen molar-refractivity contribution in [1.82, 2.24) is 0 Å². The van der Waals surface area contributed by atoms with Gasteiger partial charge in [0.25, 0.3) is 5.91 Å². The maximum Gasteiger partial charge on any atom is 0.338 e. The minimum atomic E-state index is -0.539. The third-order valence-corrected chi connectivity index (χ3v) is 4.53. The van der Waals surface area contributed by atoms with Gasteiger partial charge in [0.2, 0.25) is 0 Å². The van der Waals surface area contributed by atoms with E-state index in [9.17, 15) is 9.59 Å². The van der Waals surface area contributed by atoms with Crippen LogP contribution in [0.2, 0.25) is 0 Å². The molecule has 29 heavy (non-hydrogen) atoms. The molecule has 0 atom stereocenters. The van der Waals surface area contributed by atoms with E-state index in [2.05, 4.69) is 33.0 Å². The highest BCUT2D eigenvalue weighted by Crippen LogP contribution is 2.32. The predicted octanol–water partition coefficient (Wildman–Crippen LogP) is 5.52. The standard InChI is InChI=1S/C24H31NO4/c1-6-14-28-19-12-10-18(11-13-19)24(27)29-15-22(26)25-23-20(16(2)3)8-7-9-21(23)17(4)5/h7-13,16-17H,6,14-15H2,1-5H3,(H,25,26). The van der Waals surface area contributed by atoms with Gasteiger partial charge in [0.15, 0.2) is 6.61 Å². The smallest absolute Gasteiger partial charge is 0.338 e. The van der Waals surface area contributed by atoms with Crippen molar-refractivity contribution in [3.8, 4) is 5.75 Å². The molecule has 0 aliphatic heterocycles. The van der Waals surface area contributed by atoms with Crippen LogP contribution in [0.3, 0.4) is 0 Å². The number of ether oxygens (including phenoxy) is 2. The molecule has 5 nitrogen and oxygen atoms in total. The van der Waals surface area contributed by atoms with E-state index in [1.54, 1.807) is 24.3 Å². The maximum absolute atomic E-state index is 12.5. The molecule has 0 fully saturated rings. The summed E-state index contributed by atoms with van der Waals surface area (Å²) in [5.74, 6) is 0.340. The van der Waals surface area contributed by atoms with Crippen LogP contribution in [0, 0.1) is 0 Å². The summed E-state index contributed by atoms with van der Waals surface area (Å²) < 4.78 is 10.7. The maximum atomic E-state index is 12.5. The topological polar surface area (TPSA) is 64.6 Å². The normalized spacial score (nSPS) is 10.9. The molecule has 0 aromatic heterocycles. The molecule has 0 radical (unpaired) electrons. The Bertz CT molecular complexity index is 799. The minimum absolute atomic E-state index is 0.264. The number of rotatable bonds is 9. The van der Waals surface area contributed by atoms with Gasteiger partial charge in [-0.2, -0.15) is 0 Å². The molecule has 0 saturated heterocycles. The van der Waals surface area contributed by atoms with Crippen LogP contribution in [0.4, 0.5) is 5.69 Å². The van der Waals surface area contributed by atoms with Crippen molar-refractivity contribution in [2.45, 2.75) is 52.9 Å². The molecule has 1 N–H and O–H groups in total. The zero-order chi connectivity index (χ0) is 21.4. The van der Waals surface area contributed by atoms with Gasteiger partial charge < -0.3 is 14.8 Å². The van der Waals surface area contributed by atoms with Crippen molar-refractivity contribution in [1.29, 1.82) is 0 Å². The van der Waals surface area contributed by atoms with E-state index in [-0.39, 0.29) is 24.3 Å². The van der Waals surface area contributed by atoms with E-state index >= 15 is 0 Å². The lowest BCUT2D eigenvalue weighted by Crippen LogP contribution is -2.22. The Balaban J connectivity index is 2.00. The molecule has 2 aromatic carbocycles. The molecule has 5 heteroatoms. The summed E-state index contributed by atoms with van der Waals surface area (Å²) in [6.07, 6.45) is 0.914. The average Bonchev–Trinajstić information content (AvgIpc) is 2.70. The van der Waals surface area contributed by atoms with Crippen molar-refractivity contribution in [3.63, 3.8) is 0 Å². The van der Waals surface area contributed by atoms with E-state index < -0.39 is 5.97 Å². The summed E-state index contributed by atoms with van der Waals surface area (Å²) in [4.78, 5) is 24.7. The molecule has 0 aliphatic carbocycles. The van der Waals surface area contributed by atoms with Gasteiger partial charge in [-0.05, 0) is 53.6 Å². The molecular formula is C24H31NO4. The molecule has 0 spiro atoms. The Kier molecular flexibility index (Phi) is 8.25. The minimum Gasteiger partial charge on any atom is -0.494 e. The highest BCUT2D eigenvalue weighted by Gasteiger charge is 2.17. The summed E-state index contributed by atoms with van der Waals surface area (Å²) in [6, 6.07) is 12.8. The first-order chi connectivity index (χ1) is 13.8. The summed E-state index contributed by atoms with van der Waals surface area (Å²) in [5.41, 5.74) is 3.33. The summed E-state index contributed by atoms with van der Waals surface area (Å²) in [6.45, 7) is 10.7. The first-order valence-electron chi connectivity index (χ1n) is 10.2. The second kappa shape index (κ2) is 10.6. The monoisotopic (exact) mass is 397 g/mol. The fourth-order valence-corrected chi connectivity index (χ4v) is 2.99. The summed E-state index contributed by atoms with van der Waals surface area (Å²) in [5, 5.41) is 2.94. The first kappa shape index (κ1) is 22.5. The van der Waals surface area contributed by atoms with Crippen LogP contribution in [-0.2, 0) is 9.53 Å². The second-order valence-electron chi connectivity index (χ2n) is 7.62. The summed E-state index contributed by atoms with van der Waals surface area (Å²) >= 11 is 0. The molecule has 0 bridgehead atoms. The van der Waals surface area contributed by atoms with Crippen molar-refractivity contribution < 1.29 is 19.1 Å². The Labute approximate surface area is 173 Å². The first-order valence-corrected chi connectivity index (χ1v) is 10.2. The van der Waals surface area contributed by atoms with Gasteiger partial charge in [0, 0.05) is 5.69 Å². The summed E-state index contributed by atoms with van der Waals surface area (Å²) in [7, 11) is 0. The van der Waals surface area contributed by atoms with E-state index in [0.717, 1.165) is 23.2 Å². The van der Waals surface area contributed by atoms with Gasteiger partial charge in [0.1, 0.15) is 5.75 Å². The van der Waals surface area contributed by atoms with E-state index in [1.807, 2.05) is 25.1 Å². The Morgan fingerprint density at radius 3 is 2.03 bits per heavy atom. The van der Waals surface area contributed by atoms with Gasteiger partial charge >= 0.3 is 5.97 Å². The lowest BCUT2D eigenvalue weighted by atomic mass is 9.92. The predicted molar refractivity (Wildman–Crippen MR) is 116 cm³/mol. The number of carbonyl (C=O) groups is 2. The van der Waals surface area contributed by atoms with Crippen LogP contribution < -0.4 is 10.1 Å². The molecule has 156 valence electrons. The Morgan fingerprint density at radius 2 is 1.52 bits per heavy atom. The number of esters is 1. The van der Waals surface area contributed by atoms with Gasteiger partial charge in [-0.1, -0.05) is 52.8 Å². The lowest BCUT2D eigenvalue weighted by molar-refractivity contribution is -0.119. The molecule has 2 aromatic rings. The third-order valence-electron chi connectivity index (χ3n) is 4.53. The fourth-order valence-electron chi connectivity index (χ4n) is 2.99. The van der Waals surface area contributed by atoms with Crippen molar-refractivity contribution in [2.24, 2.45) is 0 Å². The molecular weight excluding hydrogens is 366 g/mol. The van der Waals surface area contributed by atoms with Crippen molar-refractivity contribution in [2.75, 3.05) is 18.5 Å². The number of nitrogens with one attached hydrogen (secondary N) is 1. The highest BCUT2D eigenvalue weighted by molar-refractivity contribution is 5.96. The van der Waals surface area contributed by atoms with Crippen molar-refractivity contribution >= 4 is 17.6 Å². The molecule has 0 aliphatic rings. The van der Waals surface area contributed by atoms with E-state index in [1.165, 1.54) is 0 Å². The van der Waals surface area contributed by atoms with Crippen LogP contribution in [0.1, 0.15) is 74.4 Å². The van der Waals surface area contributed by atoms with Crippen LogP contribution >= 0.6 is 0 Å². The number of hydrogen-bond donors (Lipinski definition) is 1. The third kappa shape index (κ3) is 6.34. The molecule has 2 rings (SSSR count). The number of anilines is 1. The van der Waals surface area contributed by atoms with Crippen LogP contribution in [0.15, 0.2) is 42.5 Å². The lowest BCUT2D eigenvalue weighted by Gasteiger charge is -2.20. The van der Waals surface area contributed by atoms with Gasteiger partial charge in [-0.25, -0.2) is 4.79 Å². The zero-order valence-corrected chi connectivity index (χ0v) is 18.0. The van der Waals surface area contributed by atoms with Crippen LogP contribution in [-0.4, -0.2) is 25.1 Å². The number of hydrogen-bond acceptors (Lipinski definition) is 4. The Morgan fingerprint density at radius 1 is 0.931 bits per heavy atom. The SMILES string of the molecule is CCCOc1ccc(C(=O)OCC(=O)Nc2c(C(C)C)cccc2C(C)C)cc1. The van der Waals surface area contributed by atoms with Crippen LogP contribution in [0.25, 0.3) is 0 Å². The molecule has 0 unspecified atom stereocenters. The van der Waals surface area contributed by atoms with Gasteiger partial charge in [0.05, 0.1) is 12.2 Å². The Hall–Kier alpha value is -2.82. The average molecular weight is 398 g/mol. The highest BCUT2D eigenvalue weighted by atomic mass is 16.5. The molecule has 0 heterocycles. The fraction of sp³-hybridized carbons (Fsp3) is 0.417. The van der Waals surface area contributed by atoms with Crippen LogP contribution in [0.5, 0.6) is 5.75 Å². The largest absolute Gasteiger partial charge is 0.494 e. The number of amides is 1. The van der Waals surface area contributed by atoms with E-state index in [0.29, 0.717) is 17.9 Å². The van der Waals surface area contributed by atoms with Gasteiger partial charge in [-0.15, -0.1) is 0 Å². The molecule has 0 saturated carbocycles. The number of benzene rings is 2. The van der Waals surface area contributed by atoms with Gasteiger partial charge in [-0.3, -0.25) is 4.79 Å². The number of carbonyl (C=O) groups excluding carboxylic acids is 2. The second-order valence-corrected chi connectivity index (χ2v) is 7.62. The van der Waals surface area contributed by atoms with Crippen molar-refractivity contribution in [3.05, 3.63) is 59.2 Å². The molecule has 1 amide bonds.